The molecule has 0 bridgehead atoms. The molecule has 3 heteroatoms. The summed E-state index contributed by atoms with van der Waals surface area (Å²) < 4.78 is 11.0. The van der Waals surface area contributed by atoms with Gasteiger partial charge in [-0.3, -0.25) is 0 Å². The SMILES string of the molecule is COc1cc(C)ccc1OSc1ccc(C)cc1. The highest BCUT2D eigenvalue weighted by Crippen LogP contribution is 2.32. The van der Waals surface area contributed by atoms with Crippen LogP contribution in [0.15, 0.2) is 47.4 Å². The smallest absolute Gasteiger partial charge is 0.179 e. The number of hydrogen-bond donors (Lipinski definition) is 0. The Morgan fingerprint density at radius 1 is 0.833 bits per heavy atom. The van der Waals surface area contributed by atoms with Crippen LogP contribution in [-0.2, 0) is 0 Å². The number of rotatable bonds is 4. The third-order valence-corrected chi connectivity index (χ3v) is 3.30. The van der Waals surface area contributed by atoms with Crippen LogP contribution in [0.4, 0.5) is 0 Å². The molecule has 2 aromatic rings. The van der Waals surface area contributed by atoms with Crippen LogP contribution in [-0.4, -0.2) is 7.11 Å². The van der Waals surface area contributed by atoms with Crippen molar-refractivity contribution in [2.75, 3.05) is 7.11 Å². The summed E-state index contributed by atoms with van der Waals surface area (Å²) in [6.07, 6.45) is 0. The first kappa shape index (κ1) is 12.8. The van der Waals surface area contributed by atoms with Crippen LogP contribution in [0.5, 0.6) is 11.5 Å². The molecule has 0 amide bonds. The first-order valence-corrected chi connectivity index (χ1v) is 6.49. The molecule has 0 saturated carbocycles. The molecule has 18 heavy (non-hydrogen) atoms. The van der Waals surface area contributed by atoms with Crippen LogP contribution in [0.1, 0.15) is 11.1 Å². The maximum atomic E-state index is 5.70. The van der Waals surface area contributed by atoms with Crippen LogP contribution in [0.2, 0.25) is 0 Å². The molecule has 94 valence electrons. The highest BCUT2D eigenvalue weighted by atomic mass is 32.2. The molecule has 2 nitrogen and oxygen atoms in total. The van der Waals surface area contributed by atoms with Gasteiger partial charge in [0.15, 0.2) is 11.5 Å². The predicted molar refractivity (Wildman–Crippen MR) is 75.4 cm³/mol. The van der Waals surface area contributed by atoms with E-state index in [0.29, 0.717) is 0 Å². The lowest BCUT2D eigenvalue weighted by Crippen LogP contribution is -1.89. The van der Waals surface area contributed by atoms with Crippen molar-refractivity contribution in [3.05, 3.63) is 53.6 Å². The van der Waals surface area contributed by atoms with Crippen molar-refractivity contribution < 1.29 is 8.92 Å². The summed E-state index contributed by atoms with van der Waals surface area (Å²) in [5.74, 6) is 1.50. The molecule has 2 aromatic carbocycles. The molecule has 0 aliphatic carbocycles. The van der Waals surface area contributed by atoms with Gasteiger partial charge in [0.2, 0.25) is 0 Å². The highest BCUT2D eigenvalue weighted by Gasteiger charge is 2.05. The fourth-order valence-corrected chi connectivity index (χ4v) is 2.10. The van der Waals surface area contributed by atoms with E-state index in [9.17, 15) is 0 Å². The summed E-state index contributed by atoms with van der Waals surface area (Å²) in [5.41, 5.74) is 2.40. The first-order valence-electron chi connectivity index (χ1n) is 5.75. The lowest BCUT2D eigenvalue weighted by Gasteiger charge is -2.09. The first-order chi connectivity index (χ1) is 8.69. The van der Waals surface area contributed by atoms with E-state index in [1.54, 1.807) is 7.11 Å². The molecule has 0 saturated heterocycles. The van der Waals surface area contributed by atoms with Crippen LogP contribution in [0, 0.1) is 13.8 Å². The molecule has 2 rings (SSSR count). The van der Waals surface area contributed by atoms with Crippen molar-refractivity contribution in [2.45, 2.75) is 18.7 Å². The maximum Gasteiger partial charge on any atom is 0.179 e. The normalized spacial score (nSPS) is 10.2. The average molecular weight is 260 g/mol. The number of methoxy groups -OCH3 is 1. The molecule has 0 heterocycles. The lowest BCUT2D eigenvalue weighted by molar-refractivity contribution is 0.399. The van der Waals surface area contributed by atoms with Gasteiger partial charge in [-0.25, -0.2) is 0 Å². The Labute approximate surface area is 112 Å². The Morgan fingerprint density at radius 2 is 1.50 bits per heavy atom. The highest BCUT2D eigenvalue weighted by molar-refractivity contribution is 7.95. The van der Waals surface area contributed by atoms with Gasteiger partial charge >= 0.3 is 0 Å². The van der Waals surface area contributed by atoms with E-state index >= 15 is 0 Å². The molecule has 0 aromatic heterocycles. The van der Waals surface area contributed by atoms with Gasteiger partial charge in [0.05, 0.1) is 19.2 Å². The van der Waals surface area contributed by atoms with Gasteiger partial charge in [-0.15, -0.1) is 0 Å². The summed E-state index contributed by atoms with van der Waals surface area (Å²) in [5, 5.41) is 0. The van der Waals surface area contributed by atoms with E-state index in [2.05, 4.69) is 19.1 Å². The second-order valence-corrected chi connectivity index (χ2v) is 4.94. The van der Waals surface area contributed by atoms with Crippen molar-refractivity contribution in [1.29, 1.82) is 0 Å². The molecule has 0 radical (unpaired) electrons. The lowest BCUT2D eigenvalue weighted by atomic mass is 10.2. The van der Waals surface area contributed by atoms with Gasteiger partial charge in [0.25, 0.3) is 0 Å². The second-order valence-electron chi connectivity index (χ2n) is 4.13. The number of ether oxygens (including phenoxy) is 1. The summed E-state index contributed by atoms with van der Waals surface area (Å²) in [4.78, 5) is 1.07. The maximum absolute atomic E-state index is 5.70. The molecular formula is C15H16O2S. The van der Waals surface area contributed by atoms with Crippen LogP contribution >= 0.6 is 12.0 Å². The second kappa shape index (κ2) is 5.83. The van der Waals surface area contributed by atoms with Gasteiger partial charge in [-0.1, -0.05) is 23.8 Å². The molecule has 0 fully saturated rings. The number of aryl methyl sites for hydroxylation is 2. The zero-order valence-corrected chi connectivity index (χ0v) is 11.6. The molecule has 0 atom stereocenters. The van der Waals surface area contributed by atoms with E-state index in [0.717, 1.165) is 22.0 Å². The standard InChI is InChI=1S/C15H16O2S/c1-11-4-7-13(8-5-11)18-17-14-9-6-12(2)10-15(14)16-3/h4-10H,1-3H3. The predicted octanol–water partition coefficient (Wildman–Crippen LogP) is 4.40. The monoisotopic (exact) mass is 260 g/mol. The fourth-order valence-electron chi connectivity index (χ4n) is 1.53. The minimum atomic E-state index is 0.744. The van der Waals surface area contributed by atoms with E-state index in [-0.39, 0.29) is 0 Å². The Morgan fingerprint density at radius 3 is 2.17 bits per heavy atom. The van der Waals surface area contributed by atoms with Gasteiger partial charge < -0.3 is 8.92 Å². The third-order valence-electron chi connectivity index (χ3n) is 2.57. The van der Waals surface area contributed by atoms with Crippen molar-refractivity contribution in [2.24, 2.45) is 0 Å². The van der Waals surface area contributed by atoms with Gasteiger partial charge in [0.1, 0.15) is 0 Å². The summed E-state index contributed by atoms with van der Waals surface area (Å²) in [6.45, 7) is 4.09. The zero-order valence-electron chi connectivity index (χ0n) is 10.8. The Balaban J connectivity index is 2.08. The van der Waals surface area contributed by atoms with Gasteiger partial charge in [-0.2, -0.15) is 0 Å². The molecule has 0 aliphatic heterocycles. The Kier molecular flexibility index (Phi) is 4.15. The van der Waals surface area contributed by atoms with Crippen molar-refractivity contribution >= 4 is 12.0 Å². The Hall–Kier alpha value is -1.61. The number of benzene rings is 2. The van der Waals surface area contributed by atoms with E-state index in [4.69, 9.17) is 8.92 Å². The molecule has 0 aliphatic rings. The van der Waals surface area contributed by atoms with Crippen molar-refractivity contribution in [3.63, 3.8) is 0 Å². The molecule has 0 spiro atoms. The van der Waals surface area contributed by atoms with Crippen molar-refractivity contribution in [3.8, 4) is 11.5 Å². The molecule has 0 unspecified atom stereocenters. The quantitative estimate of drug-likeness (QED) is 0.759. The average Bonchev–Trinajstić information content (AvgIpc) is 2.39. The minimum absolute atomic E-state index is 0.744. The summed E-state index contributed by atoms with van der Waals surface area (Å²) in [7, 11) is 1.65. The fraction of sp³-hybridized carbons (Fsp3) is 0.200. The molecular weight excluding hydrogens is 244 g/mol. The molecule has 0 N–H and O–H groups in total. The largest absolute Gasteiger partial charge is 0.493 e. The summed E-state index contributed by atoms with van der Waals surface area (Å²) >= 11 is 1.34. The van der Waals surface area contributed by atoms with E-state index < -0.39 is 0 Å². The number of hydrogen-bond acceptors (Lipinski definition) is 3. The van der Waals surface area contributed by atoms with E-state index in [1.165, 1.54) is 17.6 Å². The zero-order chi connectivity index (χ0) is 13.0. The van der Waals surface area contributed by atoms with Crippen molar-refractivity contribution in [1.82, 2.24) is 0 Å². The Bertz CT molecular complexity index is 521. The van der Waals surface area contributed by atoms with Crippen LogP contribution < -0.4 is 8.92 Å². The third kappa shape index (κ3) is 3.20. The van der Waals surface area contributed by atoms with Gasteiger partial charge in [-0.05, 0) is 43.7 Å². The van der Waals surface area contributed by atoms with Crippen LogP contribution in [0.25, 0.3) is 0 Å². The van der Waals surface area contributed by atoms with Crippen LogP contribution in [0.3, 0.4) is 0 Å². The summed E-state index contributed by atoms with van der Waals surface area (Å²) in [6, 6.07) is 14.1. The van der Waals surface area contributed by atoms with E-state index in [1.807, 2.05) is 37.3 Å². The minimum Gasteiger partial charge on any atom is -0.493 e. The van der Waals surface area contributed by atoms with Gasteiger partial charge in [0, 0.05) is 4.90 Å². The topological polar surface area (TPSA) is 18.5 Å².